The van der Waals surface area contributed by atoms with E-state index in [1.54, 1.807) is 37.4 Å². The lowest BCUT2D eigenvalue weighted by molar-refractivity contribution is -0.140. The molecule has 4 fully saturated rings. The van der Waals surface area contributed by atoms with Crippen LogP contribution in [0.1, 0.15) is 38.5 Å². The SMILES string of the molecule is COc1cc(NN=C(C#N)C#N)ccc1NC(=O)C12CC3CC(CC(C3)C1)C2. The maximum Gasteiger partial charge on any atom is 0.237 e. The summed E-state index contributed by atoms with van der Waals surface area (Å²) in [7, 11) is 1.54. The highest BCUT2D eigenvalue weighted by molar-refractivity contribution is 6.10. The van der Waals surface area contributed by atoms with Crippen molar-refractivity contribution in [3.63, 3.8) is 0 Å². The van der Waals surface area contributed by atoms with Gasteiger partial charge in [0, 0.05) is 6.07 Å². The minimum absolute atomic E-state index is 0.111. The zero-order chi connectivity index (χ0) is 19.7. The van der Waals surface area contributed by atoms with Crippen LogP contribution in [-0.4, -0.2) is 18.7 Å². The van der Waals surface area contributed by atoms with Crippen LogP contribution < -0.4 is 15.5 Å². The van der Waals surface area contributed by atoms with Gasteiger partial charge in [-0.2, -0.15) is 15.6 Å². The molecule has 1 amide bonds. The van der Waals surface area contributed by atoms with Crippen molar-refractivity contribution in [3.05, 3.63) is 18.2 Å². The van der Waals surface area contributed by atoms with Gasteiger partial charge >= 0.3 is 0 Å². The van der Waals surface area contributed by atoms with Crippen LogP contribution in [0.4, 0.5) is 11.4 Å². The van der Waals surface area contributed by atoms with E-state index < -0.39 is 0 Å². The summed E-state index contributed by atoms with van der Waals surface area (Å²) in [6, 6.07) is 8.55. The molecule has 0 atom stereocenters. The molecule has 7 nitrogen and oxygen atoms in total. The van der Waals surface area contributed by atoms with E-state index >= 15 is 0 Å². The maximum atomic E-state index is 13.2. The monoisotopic (exact) mass is 377 g/mol. The minimum atomic E-state index is -0.266. The fourth-order valence-electron chi connectivity index (χ4n) is 5.70. The molecule has 0 aromatic heterocycles. The Morgan fingerprint density at radius 1 is 1.14 bits per heavy atom. The zero-order valence-corrected chi connectivity index (χ0v) is 15.9. The highest BCUT2D eigenvalue weighted by Crippen LogP contribution is 2.60. The summed E-state index contributed by atoms with van der Waals surface area (Å²) in [5.41, 5.74) is 3.35. The van der Waals surface area contributed by atoms with E-state index in [1.165, 1.54) is 19.3 Å². The van der Waals surface area contributed by atoms with Gasteiger partial charge in [-0.25, -0.2) is 0 Å². The van der Waals surface area contributed by atoms with Gasteiger partial charge in [0.05, 0.1) is 23.9 Å². The van der Waals surface area contributed by atoms with Crippen LogP contribution in [0.2, 0.25) is 0 Å². The van der Waals surface area contributed by atoms with Crippen LogP contribution in [0.5, 0.6) is 5.75 Å². The third-order valence-corrected chi connectivity index (χ3v) is 6.48. The standard InChI is InChI=1S/C21H23N5O2/c1-28-19-7-16(25-26-17(11-22)12-23)2-3-18(19)24-20(27)21-8-13-4-14(9-21)6-15(5-13)10-21/h2-3,7,13-15,25H,4-6,8-10H2,1H3,(H,24,27). The van der Waals surface area contributed by atoms with E-state index in [9.17, 15) is 4.79 Å². The number of benzene rings is 1. The topological polar surface area (TPSA) is 110 Å². The minimum Gasteiger partial charge on any atom is -0.494 e. The molecular formula is C21H23N5O2. The van der Waals surface area contributed by atoms with Gasteiger partial charge in [0.15, 0.2) is 0 Å². The summed E-state index contributed by atoms with van der Waals surface area (Å²) in [4.78, 5) is 13.2. The predicted molar refractivity (Wildman–Crippen MR) is 105 cm³/mol. The van der Waals surface area contributed by atoms with E-state index in [4.69, 9.17) is 15.3 Å². The number of rotatable bonds is 5. The lowest BCUT2D eigenvalue weighted by Crippen LogP contribution is -2.51. The second kappa shape index (κ2) is 7.16. The Balaban J connectivity index is 1.50. The average Bonchev–Trinajstić information content (AvgIpc) is 2.68. The lowest BCUT2D eigenvalue weighted by atomic mass is 9.49. The molecular weight excluding hydrogens is 354 g/mol. The summed E-state index contributed by atoms with van der Waals surface area (Å²) in [5, 5.41) is 24.3. The number of anilines is 2. The van der Waals surface area contributed by atoms with Gasteiger partial charge in [0.25, 0.3) is 0 Å². The molecule has 1 aromatic carbocycles. The summed E-state index contributed by atoms with van der Waals surface area (Å²) >= 11 is 0. The molecule has 5 rings (SSSR count). The molecule has 0 spiro atoms. The number of hydrazone groups is 1. The first kappa shape index (κ1) is 18.3. The number of amides is 1. The van der Waals surface area contributed by atoms with Crippen molar-refractivity contribution >= 4 is 23.0 Å². The van der Waals surface area contributed by atoms with E-state index in [2.05, 4.69) is 15.8 Å². The molecule has 7 heteroatoms. The number of hydrogen-bond donors (Lipinski definition) is 2. The van der Waals surface area contributed by atoms with Gasteiger partial charge in [0.1, 0.15) is 17.9 Å². The molecule has 2 N–H and O–H groups in total. The largest absolute Gasteiger partial charge is 0.494 e. The highest BCUT2D eigenvalue weighted by atomic mass is 16.5. The van der Waals surface area contributed by atoms with Gasteiger partial charge in [-0.3, -0.25) is 10.2 Å². The molecule has 28 heavy (non-hydrogen) atoms. The van der Waals surface area contributed by atoms with Crippen LogP contribution >= 0.6 is 0 Å². The molecule has 0 saturated heterocycles. The Morgan fingerprint density at radius 2 is 1.75 bits per heavy atom. The smallest absolute Gasteiger partial charge is 0.237 e. The van der Waals surface area contributed by atoms with Crippen molar-refractivity contribution in [1.29, 1.82) is 10.5 Å². The Morgan fingerprint density at radius 3 is 2.29 bits per heavy atom. The van der Waals surface area contributed by atoms with Crippen LogP contribution in [0.15, 0.2) is 23.3 Å². The third-order valence-electron chi connectivity index (χ3n) is 6.48. The van der Waals surface area contributed by atoms with Crippen LogP contribution in [0.25, 0.3) is 0 Å². The van der Waals surface area contributed by atoms with Crippen molar-refractivity contribution in [2.24, 2.45) is 28.3 Å². The van der Waals surface area contributed by atoms with Gasteiger partial charge in [-0.05, 0) is 68.4 Å². The summed E-state index contributed by atoms with van der Waals surface area (Å²) < 4.78 is 5.43. The lowest BCUT2D eigenvalue weighted by Gasteiger charge is -2.55. The fourth-order valence-corrected chi connectivity index (χ4v) is 5.70. The van der Waals surface area contributed by atoms with E-state index in [0.29, 0.717) is 34.9 Å². The maximum absolute atomic E-state index is 13.2. The number of hydrogen-bond acceptors (Lipinski definition) is 6. The number of ether oxygens (including phenoxy) is 1. The Hall–Kier alpha value is -3.06. The molecule has 0 radical (unpaired) electrons. The molecule has 4 aliphatic carbocycles. The number of methoxy groups -OCH3 is 1. The van der Waals surface area contributed by atoms with Gasteiger partial charge in [-0.1, -0.05) is 0 Å². The van der Waals surface area contributed by atoms with Gasteiger partial charge in [0.2, 0.25) is 11.6 Å². The molecule has 144 valence electrons. The Kier molecular flexibility index (Phi) is 4.68. The average molecular weight is 377 g/mol. The normalized spacial score (nSPS) is 29.3. The van der Waals surface area contributed by atoms with Crippen molar-refractivity contribution in [3.8, 4) is 17.9 Å². The first-order valence-corrected chi connectivity index (χ1v) is 9.68. The number of carbonyl (C=O) groups excluding carboxylic acids is 1. The number of nitrogens with one attached hydrogen (secondary N) is 2. The van der Waals surface area contributed by atoms with Crippen molar-refractivity contribution in [2.75, 3.05) is 17.9 Å². The summed E-state index contributed by atoms with van der Waals surface area (Å²) in [6.45, 7) is 0. The predicted octanol–water partition coefficient (Wildman–Crippen LogP) is 3.67. The molecule has 4 saturated carbocycles. The van der Waals surface area contributed by atoms with Crippen molar-refractivity contribution < 1.29 is 9.53 Å². The number of carbonyl (C=O) groups is 1. The summed E-state index contributed by atoms with van der Waals surface area (Å²) in [5.74, 6) is 2.74. The second-order valence-electron chi connectivity index (χ2n) is 8.36. The van der Waals surface area contributed by atoms with E-state index in [1.807, 2.05) is 0 Å². The Bertz CT molecular complexity index is 857. The molecule has 0 aliphatic heterocycles. The summed E-state index contributed by atoms with van der Waals surface area (Å²) in [6.07, 6.45) is 6.91. The second-order valence-corrected chi connectivity index (χ2v) is 8.36. The molecule has 0 heterocycles. The van der Waals surface area contributed by atoms with E-state index in [0.717, 1.165) is 19.3 Å². The van der Waals surface area contributed by atoms with Crippen molar-refractivity contribution in [2.45, 2.75) is 38.5 Å². The highest BCUT2D eigenvalue weighted by Gasteiger charge is 2.54. The first-order valence-electron chi connectivity index (χ1n) is 9.68. The number of nitriles is 2. The molecule has 4 aliphatic rings. The van der Waals surface area contributed by atoms with Gasteiger partial charge in [-0.15, -0.1) is 0 Å². The van der Waals surface area contributed by atoms with Crippen LogP contribution in [0, 0.1) is 45.8 Å². The fraction of sp³-hybridized carbons (Fsp3) is 0.524. The van der Waals surface area contributed by atoms with Gasteiger partial charge < -0.3 is 10.1 Å². The molecule has 0 unspecified atom stereocenters. The third kappa shape index (κ3) is 3.29. The zero-order valence-electron chi connectivity index (χ0n) is 15.9. The van der Waals surface area contributed by atoms with Crippen LogP contribution in [0.3, 0.4) is 0 Å². The molecule has 1 aromatic rings. The van der Waals surface area contributed by atoms with Crippen LogP contribution in [-0.2, 0) is 4.79 Å². The quantitative estimate of drug-likeness (QED) is 0.601. The number of nitrogens with zero attached hydrogens (tertiary/aromatic N) is 3. The Labute approximate surface area is 164 Å². The molecule has 4 bridgehead atoms. The first-order chi connectivity index (χ1) is 13.5. The van der Waals surface area contributed by atoms with E-state index in [-0.39, 0.29) is 17.0 Å². The van der Waals surface area contributed by atoms with Crippen molar-refractivity contribution in [1.82, 2.24) is 0 Å².